The molecule has 8 heteroatoms. The Bertz CT molecular complexity index is 921. The smallest absolute Gasteiger partial charge is 0.303 e. The van der Waals surface area contributed by atoms with Crippen LogP contribution in [0.15, 0.2) is 41.3 Å². The van der Waals surface area contributed by atoms with E-state index in [0.717, 1.165) is 28.2 Å². The number of nitrogens with zero attached hydrogens (tertiary/aromatic N) is 1. The molecular weight excluding hydrogens is 417 g/mol. The molecule has 0 aliphatic carbocycles. The van der Waals surface area contributed by atoms with Crippen LogP contribution in [-0.4, -0.2) is 32.7 Å². The number of hydrogen-bond donors (Lipinski definition) is 1. The molecule has 0 saturated carbocycles. The van der Waals surface area contributed by atoms with Gasteiger partial charge in [0.15, 0.2) is 0 Å². The Hall–Kier alpha value is -2.03. The van der Waals surface area contributed by atoms with Crippen molar-refractivity contribution in [2.75, 3.05) is 6.54 Å². The van der Waals surface area contributed by atoms with Gasteiger partial charge in [-0.1, -0.05) is 42.5 Å². The summed E-state index contributed by atoms with van der Waals surface area (Å²) in [6.45, 7) is 0.507. The summed E-state index contributed by atoms with van der Waals surface area (Å²) in [7, 11) is 0. The highest BCUT2D eigenvalue weighted by molar-refractivity contribution is 8.26. The average Bonchev–Trinajstić information content (AvgIpc) is 3.22. The number of unbranched alkanes of at least 4 members (excludes halogenated alkanes) is 2. The zero-order valence-corrected chi connectivity index (χ0v) is 17.3. The minimum Gasteiger partial charge on any atom is -0.481 e. The Kier molecular flexibility index (Phi) is 6.98. The lowest BCUT2D eigenvalue weighted by molar-refractivity contribution is -0.137. The van der Waals surface area contributed by atoms with Gasteiger partial charge in [0, 0.05) is 22.7 Å². The Morgan fingerprint density at radius 2 is 1.89 bits per heavy atom. The SMILES string of the molecule is O=C(O)CCCCCN1C(=O)/C(=C\c2ccc(-c3ccc(F)cc3)s2)SC1=S. The van der Waals surface area contributed by atoms with Crippen molar-refractivity contribution in [2.24, 2.45) is 0 Å². The molecule has 1 aliphatic heterocycles. The van der Waals surface area contributed by atoms with Gasteiger partial charge in [-0.2, -0.15) is 0 Å². The fourth-order valence-electron chi connectivity index (χ4n) is 2.74. The first-order chi connectivity index (χ1) is 13.4. The van der Waals surface area contributed by atoms with Crippen LogP contribution >= 0.6 is 35.3 Å². The van der Waals surface area contributed by atoms with E-state index in [9.17, 15) is 14.0 Å². The first-order valence-corrected chi connectivity index (χ1v) is 10.8. The first-order valence-electron chi connectivity index (χ1n) is 8.77. The number of halogens is 1. The van der Waals surface area contributed by atoms with E-state index in [4.69, 9.17) is 17.3 Å². The molecule has 1 N–H and O–H groups in total. The molecule has 2 heterocycles. The second-order valence-corrected chi connectivity index (χ2v) is 9.04. The van der Waals surface area contributed by atoms with Crippen LogP contribution in [0.4, 0.5) is 4.39 Å². The number of thiophene rings is 1. The van der Waals surface area contributed by atoms with E-state index in [2.05, 4.69) is 0 Å². The number of amides is 1. The number of benzene rings is 1. The van der Waals surface area contributed by atoms with Gasteiger partial charge in [0.25, 0.3) is 5.91 Å². The number of carboxylic acid groups (broad SMARTS) is 1. The van der Waals surface area contributed by atoms with Crippen molar-refractivity contribution in [3.8, 4) is 10.4 Å². The Morgan fingerprint density at radius 1 is 1.14 bits per heavy atom. The molecule has 0 radical (unpaired) electrons. The molecule has 0 bridgehead atoms. The maximum absolute atomic E-state index is 13.1. The van der Waals surface area contributed by atoms with Crippen molar-refractivity contribution in [2.45, 2.75) is 25.7 Å². The maximum atomic E-state index is 13.1. The van der Waals surface area contributed by atoms with Crippen molar-refractivity contribution in [3.05, 3.63) is 52.0 Å². The summed E-state index contributed by atoms with van der Waals surface area (Å²) in [5.74, 6) is -1.18. The highest BCUT2D eigenvalue weighted by Crippen LogP contribution is 2.35. The van der Waals surface area contributed by atoms with Crippen LogP contribution in [0.25, 0.3) is 16.5 Å². The van der Waals surface area contributed by atoms with Gasteiger partial charge in [-0.3, -0.25) is 14.5 Å². The fourth-order valence-corrected chi connectivity index (χ4v) is 5.08. The molecule has 4 nitrogen and oxygen atoms in total. The normalized spacial score (nSPS) is 15.6. The van der Waals surface area contributed by atoms with Crippen LogP contribution < -0.4 is 0 Å². The summed E-state index contributed by atoms with van der Waals surface area (Å²) < 4.78 is 13.6. The molecule has 2 aromatic rings. The molecule has 0 spiro atoms. The van der Waals surface area contributed by atoms with Gasteiger partial charge in [0.1, 0.15) is 10.1 Å². The molecule has 1 amide bonds. The van der Waals surface area contributed by atoms with Gasteiger partial charge in [-0.05, 0) is 48.7 Å². The summed E-state index contributed by atoms with van der Waals surface area (Å²) in [6, 6.07) is 10.2. The predicted octanol–water partition coefficient (Wildman–Crippen LogP) is 5.40. The molecule has 0 unspecified atom stereocenters. The van der Waals surface area contributed by atoms with Crippen LogP contribution in [0.1, 0.15) is 30.6 Å². The van der Waals surface area contributed by atoms with Gasteiger partial charge in [0.2, 0.25) is 0 Å². The molecule has 28 heavy (non-hydrogen) atoms. The zero-order valence-electron chi connectivity index (χ0n) is 14.9. The summed E-state index contributed by atoms with van der Waals surface area (Å²) in [6.07, 6.45) is 4.05. The Morgan fingerprint density at radius 3 is 2.61 bits per heavy atom. The van der Waals surface area contributed by atoms with E-state index in [1.165, 1.54) is 35.2 Å². The van der Waals surface area contributed by atoms with Crippen molar-refractivity contribution >= 4 is 57.6 Å². The van der Waals surface area contributed by atoms with E-state index in [1.54, 1.807) is 17.0 Å². The monoisotopic (exact) mass is 435 g/mol. The number of hydrogen-bond acceptors (Lipinski definition) is 5. The molecule has 1 saturated heterocycles. The van der Waals surface area contributed by atoms with Crippen LogP contribution in [0.3, 0.4) is 0 Å². The summed E-state index contributed by atoms with van der Waals surface area (Å²) in [5.41, 5.74) is 0.931. The van der Waals surface area contributed by atoms with Gasteiger partial charge in [0.05, 0.1) is 4.91 Å². The van der Waals surface area contributed by atoms with Crippen molar-refractivity contribution in [1.29, 1.82) is 0 Å². The number of rotatable bonds is 8. The van der Waals surface area contributed by atoms with E-state index < -0.39 is 5.97 Å². The standard InChI is InChI=1S/C20H18FNO3S3/c21-14-7-5-13(6-8-14)16-10-9-15(27-16)12-17-19(25)22(20(26)28-17)11-3-1-2-4-18(23)24/h5-10,12H,1-4,11H2,(H,23,24)/b17-12+. The van der Waals surface area contributed by atoms with Crippen LogP contribution in [0, 0.1) is 5.82 Å². The number of thiocarbonyl (C=S) groups is 1. The topological polar surface area (TPSA) is 57.6 Å². The quantitative estimate of drug-likeness (QED) is 0.342. The third-order valence-electron chi connectivity index (χ3n) is 4.17. The number of thioether (sulfide) groups is 1. The number of aliphatic carboxylic acids is 1. The van der Waals surface area contributed by atoms with E-state index in [-0.39, 0.29) is 18.1 Å². The average molecular weight is 436 g/mol. The third-order valence-corrected chi connectivity index (χ3v) is 6.63. The summed E-state index contributed by atoms with van der Waals surface area (Å²) >= 11 is 8.14. The van der Waals surface area contributed by atoms with Crippen molar-refractivity contribution in [3.63, 3.8) is 0 Å². The van der Waals surface area contributed by atoms with Crippen LogP contribution in [-0.2, 0) is 9.59 Å². The van der Waals surface area contributed by atoms with E-state index >= 15 is 0 Å². The highest BCUT2D eigenvalue weighted by atomic mass is 32.2. The molecule has 3 rings (SSSR count). The summed E-state index contributed by atoms with van der Waals surface area (Å²) in [4.78, 5) is 27.3. The summed E-state index contributed by atoms with van der Waals surface area (Å²) in [5, 5.41) is 8.66. The van der Waals surface area contributed by atoms with Crippen LogP contribution in [0.2, 0.25) is 0 Å². The Labute approximate surface area is 176 Å². The van der Waals surface area contributed by atoms with Gasteiger partial charge >= 0.3 is 5.97 Å². The number of carbonyl (C=O) groups excluding carboxylic acids is 1. The lowest BCUT2D eigenvalue weighted by Gasteiger charge is -2.13. The number of carboxylic acids is 1. The fraction of sp³-hybridized carbons (Fsp3) is 0.250. The molecule has 1 fully saturated rings. The number of carbonyl (C=O) groups is 2. The largest absolute Gasteiger partial charge is 0.481 e. The second-order valence-electron chi connectivity index (χ2n) is 6.25. The van der Waals surface area contributed by atoms with Crippen LogP contribution in [0.5, 0.6) is 0 Å². The molecular formula is C20H18FNO3S3. The molecule has 1 aromatic carbocycles. The molecule has 1 aliphatic rings. The highest BCUT2D eigenvalue weighted by Gasteiger charge is 2.31. The van der Waals surface area contributed by atoms with E-state index in [0.29, 0.717) is 22.2 Å². The zero-order chi connectivity index (χ0) is 20.1. The predicted molar refractivity (Wildman–Crippen MR) is 116 cm³/mol. The first kappa shape index (κ1) is 20.7. The van der Waals surface area contributed by atoms with Crippen molar-refractivity contribution < 1.29 is 19.1 Å². The molecule has 0 atom stereocenters. The lowest BCUT2D eigenvalue weighted by atomic mass is 10.2. The van der Waals surface area contributed by atoms with Gasteiger partial charge in [-0.25, -0.2) is 4.39 Å². The maximum Gasteiger partial charge on any atom is 0.303 e. The van der Waals surface area contributed by atoms with E-state index in [1.807, 2.05) is 18.2 Å². The lowest BCUT2D eigenvalue weighted by Crippen LogP contribution is -2.29. The van der Waals surface area contributed by atoms with Gasteiger partial charge in [-0.15, -0.1) is 11.3 Å². The third kappa shape index (κ3) is 5.27. The minimum atomic E-state index is -0.801. The molecule has 146 valence electrons. The Balaban J connectivity index is 1.62. The van der Waals surface area contributed by atoms with Gasteiger partial charge < -0.3 is 5.11 Å². The second kappa shape index (κ2) is 9.45. The molecule has 1 aromatic heterocycles. The minimum absolute atomic E-state index is 0.107. The van der Waals surface area contributed by atoms with Crippen molar-refractivity contribution in [1.82, 2.24) is 4.90 Å².